The number of thioether (sulfide) groups is 1. The Hall–Kier alpha value is -2.40. The van der Waals surface area contributed by atoms with Crippen LogP contribution in [0.1, 0.15) is 16.8 Å². The minimum atomic E-state index is -3.82. The van der Waals surface area contributed by atoms with E-state index in [0.717, 1.165) is 9.20 Å². The Balaban J connectivity index is 2.04. The molecule has 0 unspecified atom stereocenters. The molecule has 0 spiro atoms. The maximum Gasteiger partial charge on any atom is 0.253 e. The molecule has 8 nitrogen and oxygen atoms in total. The van der Waals surface area contributed by atoms with Gasteiger partial charge in [0.25, 0.3) is 5.91 Å². The molecule has 168 valence electrons. The highest BCUT2D eigenvalue weighted by Crippen LogP contribution is 2.20. The minimum Gasteiger partial charge on any atom is -0.385 e. The number of amides is 2. The van der Waals surface area contributed by atoms with Crippen LogP contribution in [0.5, 0.6) is 0 Å². The highest BCUT2D eigenvalue weighted by atomic mass is 32.2. The summed E-state index contributed by atoms with van der Waals surface area (Å²) < 4.78 is 31.4. The number of benzene rings is 2. The Bertz CT molecular complexity index is 994. The Morgan fingerprint density at radius 2 is 1.77 bits per heavy atom. The summed E-state index contributed by atoms with van der Waals surface area (Å²) in [5.41, 5.74) is 0.610. The molecule has 2 rings (SSSR count). The second kappa shape index (κ2) is 11.8. The fourth-order valence-electron chi connectivity index (χ4n) is 2.71. The van der Waals surface area contributed by atoms with Crippen molar-refractivity contribution in [1.82, 2.24) is 9.62 Å². The van der Waals surface area contributed by atoms with Gasteiger partial charge in [-0.05, 0) is 49.1 Å². The van der Waals surface area contributed by atoms with Crippen LogP contribution >= 0.6 is 11.8 Å². The number of carbonyl (C=O) groups excluding carboxylic acids is 2. The molecule has 2 aromatic rings. The van der Waals surface area contributed by atoms with Gasteiger partial charge in [-0.25, -0.2) is 8.42 Å². The van der Waals surface area contributed by atoms with E-state index in [2.05, 4.69) is 10.6 Å². The van der Waals surface area contributed by atoms with E-state index in [1.54, 1.807) is 43.5 Å². The highest BCUT2D eigenvalue weighted by molar-refractivity contribution is 7.98. The summed E-state index contributed by atoms with van der Waals surface area (Å²) in [6.07, 6.45) is 2.56. The van der Waals surface area contributed by atoms with Crippen LogP contribution < -0.4 is 10.6 Å². The molecule has 10 heteroatoms. The van der Waals surface area contributed by atoms with Gasteiger partial charge in [0.2, 0.25) is 15.9 Å². The zero-order chi connectivity index (χ0) is 22.9. The summed E-state index contributed by atoms with van der Waals surface area (Å²) in [5, 5.41) is 5.40. The molecule has 0 fully saturated rings. The van der Waals surface area contributed by atoms with Crippen LogP contribution in [-0.4, -0.2) is 64.6 Å². The summed E-state index contributed by atoms with van der Waals surface area (Å²) in [4.78, 5) is 26.0. The molecule has 0 atom stereocenters. The van der Waals surface area contributed by atoms with E-state index in [1.165, 1.54) is 30.9 Å². The number of hydrogen-bond donors (Lipinski definition) is 2. The first-order chi connectivity index (χ1) is 14.8. The molecule has 0 saturated heterocycles. The second-order valence-electron chi connectivity index (χ2n) is 6.63. The number of anilines is 1. The van der Waals surface area contributed by atoms with Gasteiger partial charge in [0, 0.05) is 32.2 Å². The first kappa shape index (κ1) is 24.9. The van der Waals surface area contributed by atoms with E-state index in [4.69, 9.17) is 4.74 Å². The van der Waals surface area contributed by atoms with Crippen LogP contribution in [0.3, 0.4) is 0 Å². The first-order valence-electron chi connectivity index (χ1n) is 9.56. The highest BCUT2D eigenvalue weighted by Gasteiger charge is 2.23. The van der Waals surface area contributed by atoms with Crippen molar-refractivity contribution in [2.75, 3.05) is 45.4 Å². The number of likely N-dealkylation sites (N-methyl/N-ethyl adjacent to an activating group) is 1. The van der Waals surface area contributed by atoms with Crippen LogP contribution in [0, 0.1) is 0 Å². The second-order valence-corrected chi connectivity index (χ2v) is 9.56. The molecule has 31 heavy (non-hydrogen) atoms. The SMILES string of the molecule is COCCCNC(=O)c1ccccc1NC(=O)CN(C)S(=O)(=O)c1ccc(SC)cc1. The molecule has 0 radical (unpaired) electrons. The maximum absolute atomic E-state index is 12.7. The van der Waals surface area contributed by atoms with Gasteiger partial charge in [-0.2, -0.15) is 4.31 Å². The maximum atomic E-state index is 12.7. The standard InChI is InChI=1S/C21H27N3O5S2/c1-24(31(27,28)17-11-9-16(30-3)10-12-17)15-20(25)23-19-8-5-4-7-18(19)21(26)22-13-6-14-29-2/h4-5,7-12H,6,13-15H2,1-3H3,(H,22,26)(H,23,25). The lowest BCUT2D eigenvalue weighted by molar-refractivity contribution is -0.116. The topological polar surface area (TPSA) is 105 Å². The van der Waals surface area contributed by atoms with Gasteiger partial charge in [0.05, 0.1) is 22.7 Å². The lowest BCUT2D eigenvalue weighted by atomic mass is 10.1. The molecule has 0 aliphatic rings. The van der Waals surface area contributed by atoms with E-state index >= 15 is 0 Å². The van der Waals surface area contributed by atoms with E-state index < -0.39 is 22.5 Å². The van der Waals surface area contributed by atoms with Crippen LogP contribution in [0.25, 0.3) is 0 Å². The minimum absolute atomic E-state index is 0.108. The summed E-state index contributed by atoms with van der Waals surface area (Å²) in [7, 11) is -0.898. The number of methoxy groups -OCH3 is 1. The Morgan fingerprint density at radius 3 is 2.42 bits per heavy atom. The van der Waals surface area contributed by atoms with Crippen molar-refractivity contribution in [1.29, 1.82) is 0 Å². The van der Waals surface area contributed by atoms with Gasteiger partial charge in [0.15, 0.2) is 0 Å². The van der Waals surface area contributed by atoms with Gasteiger partial charge in [-0.1, -0.05) is 12.1 Å². The number of carbonyl (C=O) groups is 2. The average molecular weight is 466 g/mol. The van der Waals surface area contributed by atoms with Crippen molar-refractivity contribution >= 4 is 39.3 Å². The molecule has 2 amide bonds. The largest absolute Gasteiger partial charge is 0.385 e. The molecule has 0 aromatic heterocycles. The molecule has 0 aliphatic heterocycles. The summed E-state index contributed by atoms with van der Waals surface area (Å²) in [6.45, 7) is 0.571. The van der Waals surface area contributed by atoms with E-state index in [-0.39, 0.29) is 10.8 Å². The van der Waals surface area contributed by atoms with Crippen LogP contribution in [0.2, 0.25) is 0 Å². The Labute approximate surface area is 187 Å². The van der Waals surface area contributed by atoms with Gasteiger partial charge in [-0.3, -0.25) is 9.59 Å². The van der Waals surface area contributed by atoms with Gasteiger partial charge >= 0.3 is 0 Å². The number of nitrogens with zero attached hydrogens (tertiary/aromatic N) is 1. The van der Waals surface area contributed by atoms with E-state index in [9.17, 15) is 18.0 Å². The number of nitrogens with one attached hydrogen (secondary N) is 2. The third-order valence-electron chi connectivity index (χ3n) is 4.39. The van der Waals surface area contributed by atoms with Crippen LogP contribution in [0.15, 0.2) is 58.3 Å². The first-order valence-corrected chi connectivity index (χ1v) is 12.2. The lowest BCUT2D eigenvalue weighted by Gasteiger charge is -2.18. The predicted octanol–water partition coefficient (Wildman–Crippen LogP) is 2.43. The molecule has 2 N–H and O–H groups in total. The fraction of sp³-hybridized carbons (Fsp3) is 0.333. The average Bonchev–Trinajstić information content (AvgIpc) is 2.76. The molecule has 0 saturated carbocycles. The summed E-state index contributed by atoms with van der Waals surface area (Å²) in [5.74, 6) is -0.881. The van der Waals surface area contributed by atoms with Gasteiger partial charge in [-0.15, -0.1) is 11.8 Å². The third kappa shape index (κ3) is 7.06. The monoisotopic (exact) mass is 465 g/mol. The quantitative estimate of drug-likeness (QED) is 0.390. The van der Waals surface area contributed by atoms with Gasteiger partial charge < -0.3 is 15.4 Å². The van der Waals surface area contributed by atoms with Crippen molar-refractivity contribution in [3.8, 4) is 0 Å². The van der Waals surface area contributed by atoms with Crippen molar-refractivity contribution in [3.63, 3.8) is 0 Å². The van der Waals surface area contributed by atoms with Gasteiger partial charge in [0.1, 0.15) is 0 Å². The van der Waals surface area contributed by atoms with Crippen LogP contribution in [-0.2, 0) is 19.6 Å². The fourth-order valence-corrected chi connectivity index (χ4v) is 4.24. The Kier molecular flexibility index (Phi) is 9.50. The normalized spacial score (nSPS) is 11.4. The van der Waals surface area contributed by atoms with Crippen molar-refractivity contribution < 1.29 is 22.7 Å². The smallest absolute Gasteiger partial charge is 0.253 e. The van der Waals surface area contributed by atoms with Crippen molar-refractivity contribution in [3.05, 3.63) is 54.1 Å². The third-order valence-corrected chi connectivity index (χ3v) is 6.95. The molecule has 0 bridgehead atoms. The molecule has 0 heterocycles. The number of hydrogen-bond acceptors (Lipinski definition) is 6. The molecular weight excluding hydrogens is 438 g/mol. The number of rotatable bonds is 11. The zero-order valence-electron chi connectivity index (χ0n) is 17.8. The molecule has 0 aliphatic carbocycles. The number of para-hydroxylation sites is 1. The van der Waals surface area contributed by atoms with Crippen molar-refractivity contribution in [2.24, 2.45) is 0 Å². The lowest BCUT2D eigenvalue weighted by Crippen LogP contribution is -2.35. The number of ether oxygens (including phenoxy) is 1. The van der Waals surface area contributed by atoms with E-state index in [1.807, 2.05) is 6.26 Å². The zero-order valence-corrected chi connectivity index (χ0v) is 19.4. The molecular formula is C21H27N3O5S2. The molecule has 2 aromatic carbocycles. The summed E-state index contributed by atoms with van der Waals surface area (Å²) >= 11 is 1.51. The van der Waals surface area contributed by atoms with Crippen molar-refractivity contribution in [2.45, 2.75) is 16.2 Å². The number of sulfonamides is 1. The predicted molar refractivity (Wildman–Crippen MR) is 122 cm³/mol. The van der Waals surface area contributed by atoms with E-state index in [0.29, 0.717) is 30.8 Å². The summed E-state index contributed by atoms with van der Waals surface area (Å²) in [6, 6.07) is 13.0. The Morgan fingerprint density at radius 1 is 1.10 bits per heavy atom. The van der Waals surface area contributed by atoms with Crippen LogP contribution in [0.4, 0.5) is 5.69 Å².